The standard InChI is InChI=1S/C10H11ClO/c1-8(12)7-9-3-2-4-10(11)6-5-9/h2-3,5-6H,4,7H2,1H3. The molecular weight excluding hydrogens is 172 g/mol. The third-order valence-corrected chi connectivity index (χ3v) is 1.86. The molecule has 1 aliphatic rings. The fourth-order valence-corrected chi connectivity index (χ4v) is 1.20. The van der Waals surface area contributed by atoms with Crippen LogP contribution in [0.2, 0.25) is 0 Å². The Bertz CT molecular complexity index is 272. The zero-order valence-corrected chi connectivity index (χ0v) is 7.77. The van der Waals surface area contributed by atoms with Crippen LogP contribution in [0.3, 0.4) is 0 Å². The molecule has 1 aliphatic carbocycles. The fourth-order valence-electron chi connectivity index (χ4n) is 1.05. The second-order valence-corrected chi connectivity index (χ2v) is 3.33. The Morgan fingerprint density at radius 3 is 3.00 bits per heavy atom. The highest BCUT2D eigenvalue weighted by molar-refractivity contribution is 6.29. The molecule has 0 amide bonds. The van der Waals surface area contributed by atoms with Crippen molar-refractivity contribution in [1.29, 1.82) is 0 Å². The lowest BCUT2D eigenvalue weighted by Gasteiger charge is -1.94. The second-order valence-electron chi connectivity index (χ2n) is 2.84. The molecule has 0 N–H and O–H groups in total. The van der Waals surface area contributed by atoms with Crippen molar-refractivity contribution in [3.63, 3.8) is 0 Å². The van der Waals surface area contributed by atoms with Crippen LogP contribution in [-0.2, 0) is 4.79 Å². The molecule has 12 heavy (non-hydrogen) atoms. The largest absolute Gasteiger partial charge is 0.300 e. The van der Waals surface area contributed by atoms with Gasteiger partial charge < -0.3 is 0 Å². The van der Waals surface area contributed by atoms with Gasteiger partial charge in [-0.25, -0.2) is 0 Å². The molecule has 0 aromatic heterocycles. The Kier molecular flexibility index (Phi) is 3.30. The van der Waals surface area contributed by atoms with Gasteiger partial charge in [-0.2, -0.15) is 0 Å². The van der Waals surface area contributed by atoms with Gasteiger partial charge in [0.05, 0.1) is 0 Å². The first-order valence-electron chi connectivity index (χ1n) is 3.89. The first kappa shape index (κ1) is 9.27. The molecule has 0 radical (unpaired) electrons. The number of carbonyl (C=O) groups is 1. The van der Waals surface area contributed by atoms with Gasteiger partial charge in [0.25, 0.3) is 0 Å². The summed E-state index contributed by atoms with van der Waals surface area (Å²) in [6.07, 6.45) is 8.93. The maximum atomic E-state index is 10.8. The number of allylic oxidation sites excluding steroid dienone is 6. The predicted octanol–water partition coefficient (Wildman–Crippen LogP) is 2.97. The maximum absolute atomic E-state index is 10.8. The summed E-state index contributed by atoms with van der Waals surface area (Å²) in [6, 6.07) is 0. The number of Topliss-reactive ketones (excluding diaryl/α,β-unsaturated/α-hetero) is 1. The lowest BCUT2D eigenvalue weighted by molar-refractivity contribution is -0.116. The SMILES string of the molecule is CC(=O)CC1=CC=C(Cl)CC=C1. The van der Waals surface area contributed by atoms with Crippen LogP contribution in [0.1, 0.15) is 19.8 Å². The van der Waals surface area contributed by atoms with Crippen molar-refractivity contribution in [3.8, 4) is 0 Å². The zero-order chi connectivity index (χ0) is 8.97. The molecule has 64 valence electrons. The minimum absolute atomic E-state index is 0.178. The first-order valence-corrected chi connectivity index (χ1v) is 4.27. The second kappa shape index (κ2) is 4.27. The molecule has 2 heteroatoms. The van der Waals surface area contributed by atoms with Gasteiger partial charge in [0.2, 0.25) is 0 Å². The molecule has 0 unspecified atom stereocenters. The number of ketones is 1. The summed E-state index contributed by atoms with van der Waals surface area (Å²) < 4.78 is 0. The van der Waals surface area contributed by atoms with Crippen molar-refractivity contribution in [2.45, 2.75) is 19.8 Å². The molecule has 0 saturated carbocycles. The third-order valence-electron chi connectivity index (χ3n) is 1.58. The summed E-state index contributed by atoms with van der Waals surface area (Å²) in [7, 11) is 0. The van der Waals surface area contributed by atoms with Gasteiger partial charge in [-0.3, -0.25) is 4.79 Å². The molecule has 1 rings (SSSR count). The molecule has 0 spiro atoms. The summed E-state index contributed by atoms with van der Waals surface area (Å²) in [5.74, 6) is 0.178. The van der Waals surface area contributed by atoms with Crippen LogP contribution in [0.15, 0.2) is 34.9 Å². The van der Waals surface area contributed by atoms with Crippen LogP contribution in [0.25, 0.3) is 0 Å². The van der Waals surface area contributed by atoms with Crippen LogP contribution in [0.4, 0.5) is 0 Å². The summed E-state index contributed by atoms with van der Waals surface area (Å²) in [5, 5.41) is 0.810. The van der Waals surface area contributed by atoms with Gasteiger partial charge in [0.15, 0.2) is 0 Å². The monoisotopic (exact) mass is 182 g/mol. The highest BCUT2D eigenvalue weighted by Gasteiger charge is 1.99. The molecule has 0 atom stereocenters. The average molecular weight is 183 g/mol. The van der Waals surface area contributed by atoms with Crippen molar-refractivity contribution in [3.05, 3.63) is 34.9 Å². The Hall–Kier alpha value is -0.820. The molecule has 0 aromatic carbocycles. The first-order chi connectivity index (χ1) is 5.68. The Balaban J connectivity index is 2.70. The van der Waals surface area contributed by atoms with Gasteiger partial charge in [-0.05, 0) is 18.6 Å². The Labute approximate surface area is 77.4 Å². The van der Waals surface area contributed by atoms with Crippen molar-refractivity contribution in [2.24, 2.45) is 0 Å². The highest BCUT2D eigenvalue weighted by atomic mass is 35.5. The normalized spacial score (nSPS) is 16.5. The molecule has 0 bridgehead atoms. The molecule has 0 aromatic rings. The van der Waals surface area contributed by atoms with Crippen molar-refractivity contribution >= 4 is 17.4 Å². The van der Waals surface area contributed by atoms with E-state index in [1.807, 2.05) is 24.3 Å². The van der Waals surface area contributed by atoms with Crippen molar-refractivity contribution < 1.29 is 4.79 Å². The van der Waals surface area contributed by atoms with E-state index in [-0.39, 0.29) is 5.78 Å². The molecule has 0 fully saturated rings. The van der Waals surface area contributed by atoms with Gasteiger partial charge in [-0.1, -0.05) is 29.8 Å². The Morgan fingerprint density at radius 1 is 1.58 bits per heavy atom. The lowest BCUT2D eigenvalue weighted by Crippen LogP contribution is -1.90. The van der Waals surface area contributed by atoms with E-state index in [0.717, 1.165) is 17.0 Å². The number of rotatable bonds is 2. The zero-order valence-electron chi connectivity index (χ0n) is 7.01. The maximum Gasteiger partial charge on any atom is 0.134 e. The summed E-state index contributed by atoms with van der Waals surface area (Å²) in [6.45, 7) is 1.59. The van der Waals surface area contributed by atoms with E-state index in [2.05, 4.69) is 0 Å². The lowest BCUT2D eigenvalue weighted by atomic mass is 10.1. The van der Waals surface area contributed by atoms with Crippen molar-refractivity contribution in [1.82, 2.24) is 0 Å². The number of halogens is 1. The third kappa shape index (κ3) is 3.05. The van der Waals surface area contributed by atoms with E-state index in [1.54, 1.807) is 6.92 Å². The minimum atomic E-state index is 0.178. The van der Waals surface area contributed by atoms with E-state index >= 15 is 0 Å². The smallest absolute Gasteiger partial charge is 0.134 e. The van der Waals surface area contributed by atoms with E-state index < -0.39 is 0 Å². The minimum Gasteiger partial charge on any atom is -0.300 e. The van der Waals surface area contributed by atoms with Gasteiger partial charge in [0.1, 0.15) is 5.78 Å². The van der Waals surface area contributed by atoms with Gasteiger partial charge in [-0.15, -0.1) is 0 Å². The number of carbonyl (C=O) groups excluding carboxylic acids is 1. The van der Waals surface area contributed by atoms with E-state index in [9.17, 15) is 4.79 Å². The van der Waals surface area contributed by atoms with Crippen LogP contribution >= 0.6 is 11.6 Å². The van der Waals surface area contributed by atoms with E-state index in [1.165, 1.54) is 0 Å². The van der Waals surface area contributed by atoms with Gasteiger partial charge >= 0.3 is 0 Å². The Morgan fingerprint density at radius 2 is 2.33 bits per heavy atom. The summed E-state index contributed by atoms with van der Waals surface area (Å²) in [5.41, 5.74) is 1.03. The summed E-state index contributed by atoms with van der Waals surface area (Å²) >= 11 is 5.80. The average Bonchev–Trinajstić information content (AvgIpc) is 2.15. The van der Waals surface area contributed by atoms with E-state index in [4.69, 9.17) is 11.6 Å². The van der Waals surface area contributed by atoms with E-state index in [0.29, 0.717) is 6.42 Å². The molecule has 0 aliphatic heterocycles. The molecule has 0 heterocycles. The van der Waals surface area contributed by atoms with Crippen LogP contribution in [0, 0.1) is 0 Å². The quantitative estimate of drug-likeness (QED) is 0.642. The van der Waals surface area contributed by atoms with Gasteiger partial charge in [0, 0.05) is 17.9 Å². The number of hydrogen-bond donors (Lipinski definition) is 0. The van der Waals surface area contributed by atoms with Crippen LogP contribution < -0.4 is 0 Å². The molecule has 0 saturated heterocycles. The fraction of sp³-hybridized carbons (Fsp3) is 0.300. The molecular formula is C10H11ClO. The van der Waals surface area contributed by atoms with Crippen molar-refractivity contribution in [2.75, 3.05) is 0 Å². The van der Waals surface area contributed by atoms with Crippen LogP contribution in [0.5, 0.6) is 0 Å². The molecule has 1 nitrogen and oxygen atoms in total. The topological polar surface area (TPSA) is 17.1 Å². The summed E-state index contributed by atoms with van der Waals surface area (Å²) in [4.78, 5) is 10.8. The number of hydrogen-bond acceptors (Lipinski definition) is 1. The van der Waals surface area contributed by atoms with Crippen LogP contribution in [-0.4, -0.2) is 5.78 Å². The highest BCUT2D eigenvalue weighted by Crippen LogP contribution is 2.16. The predicted molar refractivity (Wildman–Crippen MR) is 51.1 cm³/mol.